The van der Waals surface area contributed by atoms with Crippen molar-refractivity contribution in [3.05, 3.63) is 41.7 Å². The van der Waals surface area contributed by atoms with E-state index in [-0.39, 0.29) is 44.6 Å². The van der Waals surface area contributed by atoms with E-state index in [2.05, 4.69) is 0 Å². The van der Waals surface area contributed by atoms with Crippen LogP contribution in [0.1, 0.15) is 25.8 Å². The van der Waals surface area contributed by atoms with Crippen LogP contribution in [0.15, 0.2) is 30.3 Å². The Balaban J connectivity index is 1.77. The number of carbonyl (C=O) groups is 2. The number of hydrogen-bond donors (Lipinski definition) is 2. The molecular weight excluding hydrogens is 453 g/mol. The summed E-state index contributed by atoms with van der Waals surface area (Å²) < 4.78 is 42.2. The second kappa shape index (κ2) is 10.6. The zero-order valence-electron chi connectivity index (χ0n) is 18.8. The number of hydroxylamine groups is 1. The van der Waals surface area contributed by atoms with Gasteiger partial charge in [0.2, 0.25) is 0 Å². The van der Waals surface area contributed by atoms with Gasteiger partial charge < -0.3 is 9.80 Å². The molecule has 1 fully saturated rings. The number of nitrogens with one attached hydrogen (secondary N) is 1. The summed E-state index contributed by atoms with van der Waals surface area (Å²) in [5, 5.41) is 9.20. The molecule has 0 aromatic heterocycles. The quantitative estimate of drug-likeness (QED) is 0.465. The van der Waals surface area contributed by atoms with E-state index in [1.54, 1.807) is 23.1 Å². The maximum absolute atomic E-state index is 13.4. The fraction of sp³-hybridized carbons (Fsp3) is 0.524. The highest BCUT2D eigenvalue weighted by Crippen LogP contribution is 2.26. The van der Waals surface area contributed by atoms with Gasteiger partial charge in [0.25, 0.3) is 16.1 Å². The summed E-state index contributed by atoms with van der Waals surface area (Å²) in [6.07, 6.45) is 2.21. The lowest BCUT2D eigenvalue weighted by molar-refractivity contribution is -0.134. The lowest BCUT2D eigenvalue weighted by Crippen LogP contribution is -2.64. The summed E-state index contributed by atoms with van der Waals surface area (Å²) >= 11 is 0. The molecule has 2 N–H and O–H groups in total. The third-order valence-corrected chi connectivity index (χ3v) is 8.07. The molecule has 0 aliphatic carbocycles. The molecule has 0 spiro atoms. The fourth-order valence-corrected chi connectivity index (χ4v) is 5.81. The summed E-state index contributed by atoms with van der Waals surface area (Å²) in [4.78, 5) is 28.1. The van der Waals surface area contributed by atoms with Crippen LogP contribution < -0.4 is 5.48 Å². The first-order valence-electron chi connectivity index (χ1n) is 10.9. The van der Waals surface area contributed by atoms with Crippen molar-refractivity contribution in [1.29, 1.82) is 0 Å². The number of halogens is 1. The molecule has 2 aliphatic rings. The topological polar surface area (TPSA) is 114 Å². The molecule has 182 valence electrons. The molecule has 2 heterocycles. The monoisotopic (exact) mass is 483 g/mol. The van der Waals surface area contributed by atoms with Crippen molar-refractivity contribution < 1.29 is 27.6 Å². The van der Waals surface area contributed by atoms with E-state index in [9.17, 15) is 27.6 Å². The predicted molar refractivity (Wildman–Crippen MR) is 120 cm³/mol. The van der Waals surface area contributed by atoms with Gasteiger partial charge in [-0.15, -0.1) is 0 Å². The number of piperazine rings is 1. The third kappa shape index (κ3) is 5.35. The minimum Gasteiger partial charge on any atom is -0.325 e. The Bertz CT molecular complexity index is 997. The fourth-order valence-electron chi connectivity index (χ4n) is 4.13. The maximum Gasteiger partial charge on any atom is 0.320 e. The molecule has 1 aromatic rings. The van der Waals surface area contributed by atoms with E-state index in [4.69, 9.17) is 0 Å². The van der Waals surface area contributed by atoms with Crippen LogP contribution in [0, 0.1) is 5.82 Å². The summed E-state index contributed by atoms with van der Waals surface area (Å²) in [5.74, 6) is -1.23. The number of hydrogen-bond acceptors (Lipinski definition) is 5. The second-order valence-electron chi connectivity index (χ2n) is 7.86. The van der Waals surface area contributed by atoms with Gasteiger partial charge in [-0.25, -0.2) is 14.7 Å². The highest BCUT2D eigenvalue weighted by molar-refractivity contribution is 7.86. The predicted octanol–water partition coefficient (Wildman–Crippen LogP) is 1.11. The highest BCUT2D eigenvalue weighted by Gasteiger charge is 2.43. The Morgan fingerprint density at radius 2 is 1.82 bits per heavy atom. The molecule has 0 bridgehead atoms. The number of urea groups is 1. The first-order chi connectivity index (χ1) is 15.7. The largest absolute Gasteiger partial charge is 0.325 e. The summed E-state index contributed by atoms with van der Waals surface area (Å²) in [5.41, 5.74) is 3.28. The molecule has 2 aliphatic heterocycles. The molecule has 3 rings (SSSR count). The first-order valence-corrected chi connectivity index (χ1v) is 12.3. The average molecular weight is 484 g/mol. The van der Waals surface area contributed by atoms with E-state index in [0.717, 1.165) is 15.4 Å². The lowest BCUT2D eigenvalue weighted by Gasteiger charge is -2.42. The van der Waals surface area contributed by atoms with Crippen molar-refractivity contribution in [1.82, 2.24) is 23.9 Å². The molecule has 3 amide bonds. The molecule has 12 heteroatoms. The molecule has 0 unspecified atom stereocenters. The molecule has 1 saturated heterocycles. The van der Waals surface area contributed by atoms with Crippen molar-refractivity contribution in [2.75, 3.05) is 45.8 Å². The van der Waals surface area contributed by atoms with Gasteiger partial charge in [0.05, 0.1) is 0 Å². The zero-order chi connectivity index (χ0) is 24.2. The van der Waals surface area contributed by atoms with Gasteiger partial charge in [-0.05, 0) is 43.5 Å². The number of carbonyl (C=O) groups excluding carboxylic acids is 2. The zero-order valence-corrected chi connectivity index (χ0v) is 19.6. The van der Waals surface area contributed by atoms with Crippen LogP contribution in [0.2, 0.25) is 0 Å². The number of nitrogens with zero attached hydrogens (tertiary/aromatic N) is 4. The number of amides is 3. The minimum atomic E-state index is -4.04. The lowest BCUT2D eigenvalue weighted by atomic mass is 10.0. The van der Waals surface area contributed by atoms with Crippen LogP contribution in [0.3, 0.4) is 0 Å². The van der Waals surface area contributed by atoms with E-state index in [0.29, 0.717) is 19.5 Å². The summed E-state index contributed by atoms with van der Waals surface area (Å²) in [6.45, 7) is 4.84. The van der Waals surface area contributed by atoms with E-state index < -0.39 is 22.2 Å². The van der Waals surface area contributed by atoms with Gasteiger partial charge in [0.1, 0.15) is 11.9 Å². The van der Waals surface area contributed by atoms with E-state index in [1.165, 1.54) is 26.8 Å². The van der Waals surface area contributed by atoms with Crippen molar-refractivity contribution in [2.45, 2.75) is 26.3 Å². The number of benzene rings is 1. The Labute approximate surface area is 193 Å². The van der Waals surface area contributed by atoms with Gasteiger partial charge in [-0.2, -0.15) is 17.0 Å². The standard InChI is InChI=1S/C21H30FN5O5S/c1-3-24(4-2)21(29)25-13-14-27(19(15-25)20(28)23-30)33(31,32)26-11-9-17(10-12-26)16-5-7-18(22)8-6-16/h5-9,19,30H,3-4,10-15H2,1-2H3,(H,23,28)/t19-/m1/s1. The molecule has 33 heavy (non-hydrogen) atoms. The van der Waals surface area contributed by atoms with Crippen molar-refractivity contribution in [3.8, 4) is 0 Å². The Morgan fingerprint density at radius 1 is 1.15 bits per heavy atom. The number of rotatable bonds is 6. The smallest absolute Gasteiger partial charge is 0.320 e. The van der Waals surface area contributed by atoms with Crippen molar-refractivity contribution in [2.24, 2.45) is 0 Å². The van der Waals surface area contributed by atoms with Crippen molar-refractivity contribution in [3.63, 3.8) is 0 Å². The molecule has 1 aromatic carbocycles. The van der Waals surface area contributed by atoms with Gasteiger partial charge >= 0.3 is 6.03 Å². The Morgan fingerprint density at radius 3 is 2.36 bits per heavy atom. The van der Waals surface area contributed by atoms with Crippen LogP contribution in [-0.2, 0) is 15.0 Å². The van der Waals surface area contributed by atoms with Crippen LogP contribution in [-0.4, -0.2) is 95.8 Å². The summed E-state index contributed by atoms with van der Waals surface area (Å²) in [6, 6.07) is 4.48. The third-order valence-electron chi connectivity index (χ3n) is 6.06. The SMILES string of the molecule is CCN(CC)C(=O)N1CCN(S(=O)(=O)N2CC=C(c3ccc(F)cc3)CC2)[C@@H](C(=O)NO)C1. The minimum absolute atomic E-state index is 0.0710. The van der Waals surface area contributed by atoms with Crippen LogP contribution in [0.25, 0.3) is 5.57 Å². The Kier molecular flexibility index (Phi) is 8.05. The Hall–Kier alpha value is -2.54. The van der Waals surface area contributed by atoms with Crippen LogP contribution >= 0.6 is 0 Å². The van der Waals surface area contributed by atoms with Gasteiger partial charge in [-0.1, -0.05) is 18.2 Å². The molecule has 0 radical (unpaired) electrons. The van der Waals surface area contributed by atoms with Gasteiger partial charge in [0.15, 0.2) is 0 Å². The average Bonchev–Trinajstić information content (AvgIpc) is 2.84. The molecule has 0 saturated carbocycles. The van der Waals surface area contributed by atoms with Crippen LogP contribution in [0.4, 0.5) is 9.18 Å². The normalized spacial score (nSPS) is 20.3. The second-order valence-corrected chi connectivity index (χ2v) is 9.74. The maximum atomic E-state index is 13.4. The molecule has 10 nitrogen and oxygen atoms in total. The van der Waals surface area contributed by atoms with Crippen LogP contribution in [0.5, 0.6) is 0 Å². The van der Waals surface area contributed by atoms with Gasteiger partial charge in [-0.3, -0.25) is 10.0 Å². The summed E-state index contributed by atoms with van der Waals surface area (Å²) in [7, 11) is -4.04. The van der Waals surface area contributed by atoms with E-state index in [1.807, 2.05) is 13.8 Å². The van der Waals surface area contributed by atoms with Crippen molar-refractivity contribution >= 4 is 27.7 Å². The van der Waals surface area contributed by atoms with E-state index >= 15 is 0 Å². The molecular formula is C21H30FN5O5S. The van der Waals surface area contributed by atoms with Gasteiger partial charge in [0, 0.05) is 45.8 Å². The first kappa shape index (κ1) is 25.1. The molecule has 1 atom stereocenters. The highest BCUT2D eigenvalue weighted by atomic mass is 32.2.